The van der Waals surface area contributed by atoms with Crippen LogP contribution in [0.2, 0.25) is 0 Å². The Morgan fingerprint density at radius 3 is 2.75 bits per heavy atom. The molecule has 126 valence electrons. The lowest BCUT2D eigenvalue weighted by molar-refractivity contribution is -0.117. The van der Waals surface area contributed by atoms with Crippen molar-refractivity contribution < 1.29 is 14.3 Å². The molecule has 1 aromatic carbocycles. The average molecular weight is 325 g/mol. The lowest BCUT2D eigenvalue weighted by Gasteiger charge is -2.49. The Morgan fingerprint density at radius 1 is 1.21 bits per heavy atom. The summed E-state index contributed by atoms with van der Waals surface area (Å²) < 4.78 is 5.59. The second kappa shape index (κ2) is 5.47. The number of benzene rings is 1. The van der Waals surface area contributed by atoms with Gasteiger partial charge < -0.3 is 4.74 Å². The molecule has 1 amide bonds. The third-order valence-electron chi connectivity index (χ3n) is 6.32. The van der Waals surface area contributed by atoms with Crippen molar-refractivity contribution in [2.45, 2.75) is 51.2 Å². The number of ether oxygens (including phenoxy) is 1. The molecule has 3 aliphatic rings. The average Bonchev–Trinajstić information content (AvgIpc) is 3.02. The first-order chi connectivity index (χ1) is 11.6. The Balaban J connectivity index is 1.56. The van der Waals surface area contributed by atoms with Crippen molar-refractivity contribution in [2.24, 2.45) is 5.41 Å². The third kappa shape index (κ3) is 2.12. The molecule has 1 heterocycles. The maximum absolute atomic E-state index is 12.8. The summed E-state index contributed by atoms with van der Waals surface area (Å²) in [5, 5.41) is 0. The smallest absolute Gasteiger partial charge is 0.410 e. The zero-order chi connectivity index (χ0) is 16.8. The maximum atomic E-state index is 12.8. The minimum absolute atomic E-state index is 0.145. The van der Waals surface area contributed by atoms with E-state index in [0.717, 1.165) is 36.8 Å². The number of likely N-dealkylation sites (tertiary alicyclic amines) is 1. The van der Waals surface area contributed by atoms with Gasteiger partial charge in [0.15, 0.2) is 5.78 Å². The number of ketones is 1. The van der Waals surface area contributed by atoms with E-state index >= 15 is 0 Å². The summed E-state index contributed by atoms with van der Waals surface area (Å²) in [6, 6.07) is 9.74. The first kappa shape index (κ1) is 15.4. The summed E-state index contributed by atoms with van der Waals surface area (Å²) >= 11 is 0. The molecule has 2 aliphatic carbocycles. The maximum Gasteiger partial charge on any atom is 0.410 e. The zero-order valence-corrected chi connectivity index (χ0v) is 14.1. The van der Waals surface area contributed by atoms with E-state index in [2.05, 4.69) is 6.92 Å². The van der Waals surface area contributed by atoms with Gasteiger partial charge >= 0.3 is 6.09 Å². The van der Waals surface area contributed by atoms with Crippen molar-refractivity contribution in [3.63, 3.8) is 0 Å². The number of allylic oxidation sites excluding steroid dienone is 1. The molecule has 0 radical (unpaired) electrons. The molecule has 24 heavy (non-hydrogen) atoms. The molecule has 1 saturated heterocycles. The molecule has 1 spiro atoms. The first-order valence-electron chi connectivity index (χ1n) is 8.77. The molecule has 1 aromatic rings. The van der Waals surface area contributed by atoms with E-state index < -0.39 is 0 Å². The summed E-state index contributed by atoms with van der Waals surface area (Å²) in [6.45, 7) is 2.97. The molecular weight excluding hydrogens is 302 g/mol. The van der Waals surface area contributed by atoms with Crippen LogP contribution in [0.1, 0.15) is 44.6 Å². The molecule has 2 fully saturated rings. The van der Waals surface area contributed by atoms with E-state index in [4.69, 9.17) is 4.74 Å². The summed E-state index contributed by atoms with van der Waals surface area (Å²) in [5.74, 6) is 0.218. The van der Waals surface area contributed by atoms with Crippen molar-refractivity contribution in [1.82, 2.24) is 4.90 Å². The summed E-state index contributed by atoms with van der Waals surface area (Å²) in [4.78, 5) is 26.7. The van der Waals surface area contributed by atoms with Crippen LogP contribution in [0.3, 0.4) is 0 Å². The van der Waals surface area contributed by atoms with Gasteiger partial charge in [0.1, 0.15) is 6.61 Å². The molecule has 0 bridgehead atoms. The highest BCUT2D eigenvalue weighted by Gasteiger charge is 2.63. The van der Waals surface area contributed by atoms with Crippen molar-refractivity contribution in [2.75, 3.05) is 6.54 Å². The fourth-order valence-electron chi connectivity index (χ4n) is 4.98. The van der Waals surface area contributed by atoms with Crippen LogP contribution in [-0.4, -0.2) is 28.9 Å². The van der Waals surface area contributed by atoms with Crippen LogP contribution in [-0.2, 0) is 16.1 Å². The minimum Gasteiger partial charge on any atom is -0.445 e. The monoisotopic (exact) mass is 325 g/mol. The van der Waals surface area contributed by atoms with Crippen LogP contribution in [0.4, 0.5) is 4.79 Å². The van der Waals surface area contributed by atoms with Gasteiger partial charge in [0.25, 0.3) is 0 Å². The predicted octanol–water partition coefficient (Wildman–Crippen LogP) is 3.86. The standard InChI is InChI=1S/C20H23NO3/c1-19-9-5-6-10-20(19)12-17(22)11-16(20)13-21(19)18(23)24-14-15-7-3-2-4-8-15/h2-4,7-8,11H,5-6,9-10,12-14H2,1H3/t19-,20+/m0/s1. The number of carbonyl (C=O) groups is 2. The molecule has 1 aliphatic heterocycles. The van der Waals surface area contributed by atoms with Crippen molar-refractivity contribution >= 4 is 11.9 Å². The lowest BCUT2D eigenvalue weighted by atomic mass is 9.60. The molecular formula is C20H23NO3. The minimum atomic E-state index is -0.295. The molecule has 4 rings (SSSR count). The van der Waals surface area contributed by atoms with E-state index in [1.807, 2.05) is 35.2 Å². The van der Waals surface area contributed by atoms with E-state index in [-0.39, 0.29) is 29.4 Å². The van der Waals surface area contributed by atoms with Crippen LogP contribution >= 0.6 is 0 Å². The zero-order valence-electron chi connectivity index (χ0n) is 14.1. The number of amides is 1. The van der Waals surface area contributed by atoms with Crippen LogP contribution in [0.25, 0.3) is 0 Å². The highest BCUT2D eigenvalue weighted by molar-refractivity contribution is 5.95. The molecule has 4 nitrogen and oxygen atoms in total. The highest BCUT2D eigenvalue weighted by atomic mass is 16.6. The molecule has 4 heteroatoms. The fourth-order valence-corrected chi connectivity index (χ4v) is 4.98. The van der Waals surface area contributed by atoms with Crippen LogP contribution in [0.15, 0.2) is 42.0 Å². The molecule has 1 saturated carbocycles. The van der Waals surface area contributed by atoms with Gasteiger partial charge in [0.2, 0.25) is 0 Å². The molecule has 2 atom stereocenters. The Labute approximate surface area is 142 Å². The number of nitrogens with zero attached hydrogens (tertiary/aromatic N) is 1. The number of rotatable bonds is 2. The van der Waals surface area contributed by atoms with Gasteiger partial charge in [-0.25, -0.2) is 4.79 Å². The second-order valence-corrected chi connectivity index (χ2v) is 7.50. The van der Waals surface area contributed by atoms with E-state index in [0.29, 0.717) is 13.0 Å². The SMILES string of the molecule is C[C@]12CCCC[C@]13CC(=O)C=C3CN2C(=O)OCc1ccccc1. The van der Waals surface area contributed by atoms with Gasteiger partial charge in [0.05, 0.1) is 5.54 Å². The quantitative estimate of drug-likeness (QED) is 0.829. The Hall–Kier alpha value is -2.10. The second-order valence-electron chi connectivity index (χ2n) is 7.50. The molecule has 0 aromatic heterocycles. The summed E-state index contributed by atoms with van der Waals surface area (Å²) in [6.07, 6.45) is 6.26. The predicted molar refractivity (Wildman–Crippen MR) is 90.3 cm³/mol. The number of hydrogen-bond acceptors (Lipinski definition) is 3. The lowest BCUT2D eigenvalue weighted by Crippen LogP contribution is -2.55. The van der Waals surface area contributed by atoms with Crippen LogP contribution < -0.4 is 0 Å². The normalized spacial score (nSPS) is 31.5. The van der Waals surface area contributed by atoms with Gasteiger partial charge in [-0.3, -0.25) is 9.69 Å². The van der Waals surface area contributed by atoms with Gasteiger partial charge in [-0.1, -0.05) is 43.2 Å². The Bertz CT molecular complexity index is 711. The number of hydrogen-bond donors (Lipinski definition) is 0. The van der Waals surface area contributed by atoms with Gasteiger partial charge in [-0.2, -0.15) is 0 Å². The largest absolute Gasteiger partial charge is 0.445 e. The van der Waals surface area contributed by atoms with Crippen LogP contribution in [0.5, 0.6) is 0 Å². The fraction of sp³-hybridized carbons (Fsp3) is 0.500. The highest BCUT2D eigenvalue weighted by Crippen LogP contribution is 2.61. The van der Waals surface area contributed by atoms with E-state index in [9.17, 15) is 9.59 Å². The Kier molecular flexibility index (Phi) is 3.52. The van der Waals surface area contributed by atoms with Gasteiger partial charge in [-0.15, -0.1) is 0 Å². The van der Waals surface area contributed by atoms with Gasteiger partial charge in [-0.05, 0) is 37.0 Å². The van der Waals surface area contributed by atoms with E-state index in [1.54, 1.807) is 6.08 Å². The van der Waals surface area contributed by atoms with Crippen LogP contribution in [0, 0.1) is 5.41 Å². The number of carbonyl (C=O) groups excluding carboxylic acids is 2. The van der Waals surface area contributed by atoms with Crippen molar-refractivity contribution in [3.8, 4) is 0 Å². The van der Waals surface area contributed by atoms with E-state index in [1.165, 1.54) is 0 Å². The summed E-state index contributed by atoms with van der Waals surface area (Å²) in [5.41, 5.74) is 1.69. The first-order valence-corrected chi connectivity index (χ1v) is 8.77. The Morgan fingerprint density at radius 2 is 1.96 bits per heavy atom. The van der Waals surface area contributed by atoms with Crippen molar-refractivity contribution in [3.05, 3.63) is 47.5 Å². The molecule has 0 N–H and O–H groups in total. The topological polar surface area (TPSA) is 46.6 Å². The molecule has 0 unspecified atom stereocenters. The summed E-state index contributed by atoms with van der Waals surface area (Å²) in [7, 11) is 0. The third-order valence-corrected chi connectivity index (χ3v) is 6.32. The van der Waals surface area contributed by atoms with Gasteiger partial charge in [0, 0.05) is 18.4 Å². The van der Waals surface area contributed by atoms with Crippen molar-refractivity contribution in [1.29, 1.82) is 0 Å².